The molecule has 1 fully saturated rings. The number of benzene rings is 2. The van der Waals surface area contributed by atoms with Crippen LogP contribution in [0.25, 0.3) is 0 Å². The molecule has 2 aliphatic rings. The molecule has 0 aromatic heterocycles. The van der Waals surface area contributed by atoms with Gasteiger partial charge in [-0.3, -0.25) is 0 Å². The Labute approximate surface area is 139 Å². The summed E-state index contributed by atoms with van der Waals surface area (Å²) >= 11 is 3.56. The van der Waals surface area contributed by atoms with Crippen LogP contribution in [0.2, 0.25) is 0 Å². The van der Waals surface area contributed by atoms with Crippen molar-refractivity contribution < 1.29 is 9.47 Å². The average Bonchev–Trinajstić information content (AvgIpc) is 2.96. The molecule has 0 saturated carbocycles. The molecule has 0 N–H and O–H groups in total. The first-order valence-electron chi connectivity index (χ1n) is 7.73. The zero-order chi connectivity index (χ0) is 15.3. The van der Waals surface area contributed by atoms with Crippen LogP contribution in [-0.2, 0) is 4.74 Å². The summed E-state index contributed by atoms with van der Waals surface area (Å²) in [5, 5.41) is 0. The summed E-state index contributed by atoms with van der Waals surface area (Å²) in [5.41, 5.74) is 2.20. The quantitative estimate of drug-likeness (QED) is 0.675. The van der Waals surface area contributed by atoms with Gasteiger partial charge in [0.25, 0.3) is 0 Å². The van der Waals surface area contributed by atoms with E-state index in [1.807, 2.05) is 18.2 Å². The molecule has 2 nitrogen and oxygen atoms in total. The van der Waals surface area contributed by atoms with Gasteiger partial charge < -0.3 is 9.47 Å². The predicted molar refractivity (Wildman–Crippen MR) is 90.0 cm³/mol. The van der Waals surface area contributed by atoms with E-state index < -0.39 is 0 Å². The molecule has 0 aliphatic carbocycles. The van der Waals surface area contributed by atoms with Gasteiger partial charge in [-0.25, -0.2) is 0 Å². The molecule has 3 heteroatoms. The molecule has 0 radical (unpaired) electrons. The molecule has 2 heterocycles. The van der Waals surface area contributed by atoms with E-state index in [0.29, 0.717) is 5.92 Å². The smallest absolute Gasteiger partial charge is 0.126 e. The van der Waals surface area contributed by atoms with Gasteiger partial charge in [-0.2, -0.15) is 0 Å². The highest BCUT2D eigenvalue weighted by Crippen LogP contribution is 2.55. The number of hydrogen-bond acceptors (Lipinski definition) is 2. The minimum absolute atomic E-state index is 0.0986. The molecule has 2 aromatic rings. The number of halogens is 1. The second kappa shape index (κ2) is 5.10. The zero-order valence-electron chi connectivity index (χ0n) is 12.8. The Bertz CT molecular complexity index is 696. The third-order valence-electron chi connectivity index (χ3n) is 4.86. The van der Waals surface area contributed by atoms with Crippen LogP contribution in [0.1, 0.15) is 43.6 Å². The maximum absolute atomic E-state index is 6.47. The lowest BCUT2D eigenvalue weighted by Gasteiger charge is -2.41. The highest BCUT2D eigenvalue weighted by molar-refractivity contribution is 9.10. The molecule has 2 aromatic carbocycles. The SMILES string of the molecule is CC1(C)Oc2ccc(Br)cc2[C@H]2O[C@@H](c3ccccc3)C[C@@H]21. The van der Waals surface area contributed by atoms with Crippen molar-refractivity contribution in [3.63, 3.8) is 0 Å². The lowest BCUT2D eigenvalue weighted by molar-refractivity contribution is -0.0422. The van der Waals surface area contributed by atoms with Gasteiger partial charge in [0.15, 0.2) is 0 Å². The molecule has 22 heavy (non-hydrogen) atoms. The fourth-order valence-corrected chi connectivity index (χ4v) is 4.07. The lowest BCUT2D eigenvalue weighted by Crippen LogP contribution is -2.42. The fraction of sp³-hybridized carbons (Fsp3) is 0.368. The number of hydrogen-bond donors (Lipinski definition) is 0. The van der Waals surface area contributed by atoms with E-state index >= 15 is 0 Å². The van der Waals surface area contributed by atoms with Crippen molar-refractivity contribution in [3.8, 4) is 5.75 Å². The fourth-order valence-electron chi connectivity index (χ4n) is 3.70. The van der Waals surface area contributed by atoms with E-state index in [9.17, 15) is 0 Å². The Kier molecular flexibility index (Phi) is 3.31. The van der Waals surface area contributed by atoms with E-state index in [4.69, 9.17) is 9.47 Å². The first-order valence-corrected chi connectivity index (χ1v) is 8.53. The number of rotatable bonds is 1. The molecule has 2 aliphatic heterocycles. The topological polar surface area (TPSA) is 18.5 Å². The minimum Gasteiger partial charge on any atom is -0.487 e. The third kappa shape index (κ3) is 2.27. The number of ether oxygens (including phenoxy) is 2. The van der Waals surface area contributed by atoms with Crippen LogP contribution < -0.4 is 4.74 Å². The van der Waals surface area contributed by atoms with Gasteiger partial charge in [0, 0.05) is 16.0 Å². The molecular formula is C19H19BrO2. The third-order valence-corrected chi connectivity index (χ3v) is 5.35. The second-order valence-electron chi connectivity index (χ2n) is 6.69. The Hall–Kier alpha value is -1.32. The van der Waals surface area contributed by atoms with E-state index in [-0.39, 0.29) is 17.8 Å². The van der Waals surface area contributed by atoms with Gasteiger partial charge >= 0.3 is 0 Å². The maximum atomic E-state index is 6.47. The van der Waals surface area contributed by atoms with Gasteiger partial charge in [-0.15, -0.1) is 0 Å². The van der Waals surface area contributed by atoms with Gasteiger partial charge in [0.05, 0.1) is 12.2 Å². The van der Waals surface area contributed by atoms with Crippen LogP contribution in [0.4, 0.5) is 0 Å². The van der Waals surface area contributed by atoms with E-state index in [0.717, 1.165) is 22.2 Å². The summed E-state index contributed by atoms with van der Waals surface area (Å²) in [6, 6.07) is 16.7. The van der Waals surface area contributed by atoms with Crippen LogP contribution >= 0.6 is 15.9 Å². The van der Waals surface area contributed by atoms with Crippen molar-refractivity contribution in [2.45, 2.75) is 38.1 Å². The lowest BCUT2D eigenvalue weighted by atomic mass is 9.78. The Morgan fingerprint density at radius 3 is 2.64 bits per heavy atom. The number of fused-ring (bicyclic) bond motifs is 3. The van der Waals surface area contributed by atoms with Crippen molar-refractivity contribution >= 4 is 15.9 Å². The van der Waals surface area contributed by atoms with Crippen molar-refractivity contribution in [3.05, 3.63) is 64.1 Å². The summed E-state index contributed by atoms with van der Waals surface area (Å²) in [6.45, 7) is 4.35. The molecular weight excluding hydrogens is 340 g/mol. The van der Waals surface area contributed by atoms with Crippen molar-refractivity contribution in [2.24, 2.45) is 5.92 Å². The highest BCUT2D eigenvalue weighted by Gasteiger charge is 2.50. The highest BCUT2D eigenvalue weighted by atomic mass is 79.9. The average molecular weight is 359 g/mol. The minimum atomic E-state index is -0.213. The van der Waals surface area contributed by atoms with E-state index in [2.05, 4.69) is 60.1 Å². The Morgan fingerprint density at radius 2 is 1.86 bits per heavy atom. The van der Waals surface area contributed by atoms with Crippen LogP contribution in [-0.4, -0.2) is 5.60 Å². The van der Waals surface area contributed by atoms with Crippen LogP contribution in [0.15, 0.2) is 53.0 Å². The first-order chi connectivity index (χ1) is 10.5. The molecule has 4 rings (SSSR count). The molecule has 114 valence electrons. The maximum Gasteiger partial charge on any atom is 0.126 e. The molecule has 0 bridgehead atoms. The Balaban J connectivity index is 1.74. The van der Waals surface area contributed by atoms with E-state index in [1.54, 1.807) is 0 Å². The Morgan fingerprint density at radius 1 is 1.09 bits per heavy atom. The zero-order valence-corrected chi connectivity index (χ0v) is 14.3. The standard InChI is InChI=1S/C19H19BrO2/c1-19(2)15-11-17(12-6-4-3-5-7-12)21-18(15)14-10-13(20)8-9-16(14)22-19/h3-10,15,17-18H,11H2,1-2H3/t15-,17+,18+/m0/s1. The molecule has 0 spiro atoms. The summed E-state index contributed by atoms with van der Waals surface area (Å²) in [6.07, 6.45) is 1.23. The van der Waals surface area contributed by atoms with Crippen LogP contribution in [0.3, 0.4) is 0 Å². The van der Waals surface area contributed by atoms with Crippen LogP contribution in [0.5, 0.6) is 5.75 Å². The molecule has 1 saturated heterocycles. The van der Waals surface area contributed by atoms with Crippen molar-refractivity contribution in [2.75, 3.05) is 0 Å². The van der Waals surface area contributed by atoms with Crippen molar-refractivity contribution in [1.82, 2.24) is 0 Å². The largest absolute Gasteiger partial charge is 0.487 e. The normalized spacial score (nSPS) is 28.6. The van der Waals surface area contributed by atoms with Gasteiger partial charge in [-0.05, 0) is 44.0 Å². The van der Waals surface area contributed by atoms with Gasteiger partial charge in [0.2, 0.25) is 0 Å². The summed E-state index contributed by atoms with van der Waals surface area (Å²) < 4.78 is 13.8. The first kappa shape index (κ1) is 14.3. The predicted octanol–water partition coefficient (Wildman–Crippen LogP) is 5.44. The summed E-state index contributed by atoms with van der Waals surface area (Å²) in [7, 11) is 0. The molecule has 3 atom stereocenters. The van der Waals surface area contributed by atoms with Gasteiger partial charge in [0.1, 0.15) is 11.4 Å². The molecule has 0 amide bonds. The second-order valence-corrected chi connectivity index (χ2v) is 7.60. The van der Waals surface area contributed by atoms with Crippen molar-refractivity contribution in [1.29, 1.82) is 0 Å². The van der Waals surface area contributed by atoms with Gasteiger partial charge in [-0.1, -0.05) is 46.3 Å². The van der Waals surface area contributed by atoms with Crippen LogP contribution in [0, 0.1) is 5.92 Å². The molecule has 0 unspecified atom stereocenters. The van der Waals surface area contributed by atoms with E-state index in [1.165, 1.54) is 5.56 Å². The summed E-state index contributed by atoms with van der Waals surface area (Å²) in [4.78, 5) is 0. The summed E-state index contributed by atoms with van der Waals surface area (Å²) in [5.74, 6) is 1.31. The monoisotopic (exact) mass is 358 g/mol.